The van der Waals surface area contributed by atoms with Crippen molar-refractivity contribution in [1.29, 1.82) is 0 Å². The number of nitrogens with two attached hydrogens (primary N) is 1. The van der Waals surface area contributed by atoms with Crippen LogP contribution in [-0.4, -0.2) is 43.8 Å². The molecule has 7 nitrogen and oxygen atoms in total. The second-order valence-electron chi connectivity index (χ2n) is 4.26. The number of ether oxygens (including phenoxy) is 1. The molecule has 1 aromatic rings. The van der Waals surface area contributed by atoms with E-state index >= 15 is 0 Å². The highest BCUT2D eigenvalue weighted by atomic mass is 16.5. The average Bonchev–Trinajstić information content (AvgIpc) is 2.40. The number of benzene rings is 1. The van der Waals surface area contributed by atoms with Crippen LogP contribution in [0.5, 0.6) is 0 Å². The van der Waals surface area contributed by atoms with Crippen LogP contribution in [0, 0.1) is 6.92 Å². The van der Waals surface area contributed by atoms with Crippen LogP contribution in [-0.2, 0) is 9.53 Å². The standard InChI is InChI=1S/C13H19N3O4/c1-8-5-9(6-10(12(8)14)13(18)19)16-7-11(17)15-3-4-20-2/h5-6,16H,3-4,7,14H2,1-2H3,(H,15,17)(H,18,19). The third-order valence-electron chi connectivity index (χ3n) is 2.70. The van der Waals surface area contributed by atoms with Gasteiger partial charge in [0.25, 0.3) is 0 Å². The molecule has 0 atom stereocenters. The molecule has 0 heterocycles. The molecule has 0 aromatic heterocycles. The normalized spacial score (nSPS) is 10.1. The number of rotatable bonds is 7. The number of hydrogen-bond acceptors (Lipinski definition) is 5. The smallest absolute Gasteiger partial charge is 0.337 e. The summed E-state index contributed by atoms with van der Waals surface area (Å²) < 4.78 is 4.81. The summed E-state index contributed by atoms with van der Waals surface area (Å²) in [4.78, 5) is 22.5. The Hall–Kier alpha value is -2.28. The van der Waals surface area contributed by atoms with E-state index in [4.69, 9.17) is 15.6 Å². The topological polar surface area (TPSA) is 114 Å². The minimum atomic E-state index is -1.10. The fourth-order valence-corrected chi connectivity index (χ4v) is 1.61. The number of carboxylic acids is 1. The number of aryl methyl sites for hydroxylation is 1. The van der Waals surface area contributed by atoms with Gasteiger partial charge in [0.05, 0.1) is 18.7 Å². The van der Waals surface area contributed by atoms with E-state index in [1.165, 1.54) is 6.07 Å². The quantitative estimate of drug-likeness (QED) is 0.426. The van der Waals surface area contributed by atoms with Crippen molar-refractivity contribution in [2.75, 3.05) is 37.9 Å². The summed E-state index contributed by atoms with van der Waals surface area (Å²) in [6.07, 6.45) is 0. The van der Waals surface area contributed by atoms with Crippen LogP contribution < -0.4 is 16.4 Å². The van der Waals surface area contributed by atoms with Gasteiger partial charge in [0.1, 0.15) is 0 Å². The van der Waals surface area contributed by atoms with E-state index < -0.39 is 5.97 Å². The molecule has 1 aromatic carbocycles. The molecule has 0 aliphatic carbocycles. The summed E-state index contributed by atoms with van der Waals surface area (Å²) in [7, 11) is 1.55. The predicted octanol–water partition coefficient (Wildman–Crippen LogP) is 0.450. The molecule has 7 heteroatoms. The Bertz CT molecular complexity index is 503. The average molecular weight is 281 g/mol. The van der Waals surface area contributed by atoms with E-state index in [-0.39, 0.29) is 23.7 Å². The lowest BCUT2D eigenvalue weighted by Gasteiger charge is -2.11. The van der Waals surface area contributed by atoms with Gasteiger partial charge in [-0.2, -0.15) is 0 Å². The van der Waals surface area contributed by atoms with Crippen LogP contribution in [0.15, 0.2) is 12.1 Å². The van der Waals surface area contributed by atoms with E-state index in [1.54, 1.807) is 20.1 Å². The lowest BCUT2D eigenvalue weighted by molar-refractivity contribution is -0.119. The molecule has 0 aliphatic rings. The number of hydrogen-bond donors (Lipinski definition) is 4. The first-order valence-corrected chi connectivity index (χ1v) is 6.08. The zero-order chi connectivity index (χ0) is 15.1. The van der Waals surface area contributed by atoms with Crippen molar-refractivity contribution < 1.29 is 19.4 Å². The van der Waals surface area contributed by atoms with Crippen LogP contribution in [0.25, 0.3) is 0 Å². The van der Waals surface area contributed by atoms with Gasteiger partial charge in [-0.05, 0) is 24.6 Å². The fourth-order valence-electron chi connectivity index (χ4n) is 1.61. The molecule has 0 aliphatic heterocycles. The second kappa shape index (κ2) is 7.34. The number of anilines is 2. The lowest BCUT2D eigenvalue weighted by Crippen LogP contribution is -2.32. The Morgan fingerprint density at radius 1 is 1.40 bits per heavy atom. The summed E-state index contributed by atoms with van der Waals surface area (Å²) in [5.41, 5.74) is 7.12. The molecule has 1 amide bonds. The first-order valence-electron chi connectivity index (χ1n) is 6.08. The maximum Gasteiger partial charge on any atom is 0.337 e. The van der Waals surface area contributed by atoms with Crippen molar-refractivity contribution in [3.05, 3.63) is 23.3 Å². The van der Waals surface area contributed by atoms with Gasteiger partial charge in [0.15, 0.2) is 0 Å². The van der Waals surface area contributed by atoms with Crippen LogP contribution in [0.4, 0.5) is 11.4 Å². The van der Waals surface area contributed by atoms with Gasteiger partial charge in [-0.25, -0.2) is 4.79 Å². The molecular formula is C13H19N3O4. The van der Waals surface area contributed by atoms with Gasteiger partial charge >= 0.3 is 5.97 Å². The Morgan fingerprint density at radius 2 is 2.10 bits per heavy atom. The largest absolute Gasteiger partial charge is 0.478 e. The Morgan fingerprint density at radius 3 is 2.70 bits per heavy atom. The third kappa shape index (κ3) is 4.43. The van der Waals surface area contributed by atoms with Gasteiger partial charge < -0.3 is 26.2 Å². The fraction of sp³-hybridized carbons (Fsp3) is 0.385. The minimum Gasteiger partial charge on any atom is -0.478 e. The van der Waals surface area contributed by atoms with Crippen LogP contribution in [0.3, 0.4) is 0 Å². The number of amides is 1. The molecule has 0 spiro atoms. The summed E-state index contributed by atoms with van der Waals surface area (Å²) in [5.74, 6) is -1.30. The zero-order valence-corrected chi connectivity index (χ0v) is 11.5. The number of aromatic carboxylic acids is 1. The Balaban J connectivity index is 2.64. The van der Waals surface area contributed by atoms with Crippen LogP contribution in [0.1, 0.15) is 15.9 Å². The van der Waals surface area contributed by atoms with Crippen LogP contribution >= 0.6 is 0 Å². The number of carboxylic acid groups (broad SMARTS) is 1. The zero-order valence-electron chi connectivity index (χ0n) is 11.5. The van der Waals surface area contributed by atoms with Gasteiger partial charge in [-0.3, -0.25) is 4.79 Å². The maximum atomic E-state index is 11.5. The molecule has 0 radical (unpaired) electrons. The summed E-state index contributed by atoms with van der Waals surface area (Å²) in [6.45, 7) is 2.63. The highest BCUT2D eigenvalue weighted by molar-refractivity contribution is 5.96. The molecule has 110 valence electrons. The van der Waals surface area contributed by atoms with Crippen LogP contribution in [0.2, 0.25) is 0 Å². The molecule has 0 unspecified atom stereocenters. The Labute approximate surface area is 117 Å². The molecule has 20 heavy (non-hydrogen) atoms. The van der Waals surface area contributed by atoms with Crippen molar-refractivity contribution in [2.45, 2.75) is 6.92 Å². The van der Waals surface area contributed by atoms with Crippen molar-refractivity contribution in [2.24, 2.45) is 0 Å². The van der Waals surface area contributed by atoms with Crippen molar-refractivity contribution in [3.8, 4) is 0 Å². The minimum absolute atomic E-state index is 0.0206. The van der Waals surface area contributed by atoms with Gasteiger partial charge in [-0.1, -0.05) is 0 Å². The third-order valence-corrected chi connectivity index (χ3v) is 2.70. The van der Waals surface area contributed by atoms with E-state index in [0.29, 0.717) is 24.4 Å². The maximum absolute atomic E-state index is 11.5. The molecule has 0 saturated heterocycles. The number of carbonyl (C=O) groups is 2. The number of nitrogen functional groups attached to an aromatic ring is 1. The van der Waals surface area contributed by atoms with Crippen molar-refractivity contribution in [3.63, 3.8) is 0 Å². The van der Waals surface area contributed by atoms with E-state index in [9.17, 15) is 9.59 Å². The highest BCUT2D eigenvalue weighted by Crippen LogP contribution is 2.22. The molecular weight excluding hydrogens is 262 g/mol. The van der Waals surface area contributed by atoms with E-state index in [0.717, 1.165) is 0 Å². The van der Waals surface area contributed by atoms with Gasteiger partial charge in [-0.15, -0.1) is 0 Å². The van der Waals surface area contributed by atoms with Gasteiger partial charge in [0.2, 0.25) is 5.91 Å². The SMILES string of the molecule is COCCNC(=O)CNc1cc(C)c(N)c(C(=O)O)c1. The molecule has 5 N–H and O–H groups in total. The summed E-state index contributed by atoms with van der Waals surface area (Å²) in [5, 5.41) is 14.5. The first kappa shape index (κ1) is 15.8. The molecule has 0 saturated carbocycles. The van der Waals surface area contributed by atoms with Gasteiger partial charge in [0, 0.05) is 25.0 Å². The Kier molecular flexibility index (Phi) is 5.79. The highest BCUT2D eigenvalue weighted by Gasteiger charge is 2.12. The molecule has 1 rings (SSSR count). The summed E-state index contributed by atoms with van der Waals surface area (Å²) >= 11 is 0. The second-order valence-corrected chi connectivity index (χ2v) is 4.26. The monoisotopic (exact) mass is 281 g/mol. The predicted molar refractivity (Wildman–Crippen MR) is 75.9 cm³/mol. The summed E-state index contributed by atoms with van der Waals surface area (Å²) in [6, 6.07) is 3.11. The van der Waals surface area contributed by atoms with E-state index in [2.05, 4.69) is 10.6 Å². The van der Waals surface area contributed by atoms with E-state index in [1.807, 2.05) is 0 Å². The first-order chi connectivity index (χ1) is 9.45. The lowest BCUT2D eigenvalue weighted by atomic mass is 10.1. The van der Waals surface area contributed by atoms with Crippen molar-refractivity contribution in [1.82, 2.24) is 5.32 Å². The molecule has 0 fully saturated rings. The number of nitrogens with one attached hydrogen (secondary N) is 2. The number of methoxy groups -OCH3 is 1. The van der Waals surface area contributed by atoms with Crippen molar-refractivity contribution >= 4 is 23.3 Å². The molecule has 0 bridgehead atoms. The number of carbonyl (C=O) groups excluding carboxylic acids is 1.